The standard InChI is InChI=1S/C11H7F15O2/c12-5(13,3-6(14,15)16)7(17,18)8(19,20)9(21,22)10(23,24)11(25,26)28-2-4-1-27-4/h4H,1-3H2. The van der Waals surface area contributed by atoms with Gasteiger partial charge in [-0.1, -0.05) is 0 Å². The first kappa shape index (κ1) is 24.9. The van der Waals surface area contributed by atoms with Crippen LogP contribution < -0.4 is 0 Å². The van der Waals surface area contributed by atoms with Crippen LogP contribution in [-0.4, -0.2) is 61.2 Å². The highest BCUT2D eigenvalue weighted by atomic mass is 19.4. The number of hydrogen-bond donors (Lipinski definition) is 0. The normalized spacial score (nSPS) is 20.5. The summed E-state index contributed by atoms with van der Waals surface area (Å²) in [6.07, 6.45) is -18.4. The fourth-order valence-electron chi connectivity index (χ4n) is 1.62. The average Bonchev–Trinajstić information content (AvgIpc) is 3.25. The summed E-state index contributed by atoms with van der Waals surface area (Å²) in [5, 5.41) is 0. The first-order valence-corrected chi connectivity index (χ1v) is 6.63. The molecule has 0 radical (unpaired) electrons. The number of rotatable bonds is 9. The monoisotopic (exact) mass is 456 g/mol. The Morgan fingerprint density at radius 2 is 1.04 bits per heavy atom. The molecule has 0 aromatic rings. The topological polar surface area (TPSA) is 21.8 Å². The Hall–Kier alpha value is -1.13. The van der Waals surface area contributed by atoms with Gasteiger partial charge in [-0.05, 0) is 0 Å². The summed E-state index contributed by atoms with van der Waals surface area (Å²) in [5.41, 5.74) is 0. The smallest absolute Gasteiger partial charge is 0.371 e. The van der Waals surface area contributed by atoms with Crippen LogP contribution in [0.1, 0.15) is 6.42 Å². The summed E-state index contributed by atoms with van der Waals surface area (Å²) >= 11 is 0. The van der Waals surface area contributed by atoms with Crippen LogP contribution in [0.15, 0.2) is 0 Å². The molecule has 2 nitrogen and oxygen atoms in total. The van der Waals surface area contributed by atoms with E-state index in [4.69, 9.17) is 0 Å². The molecule has 0 aromatic heterocycles. The van der Waals surface area contributed by atoms with E-state index >= 15 is 0 Å². The Labute approximate surface area is 144 Å². The van der Waals surface area contributed by atoms with Gasteiger partial charge in [0.2, 0.25) is 0 Å². The Balaban J connectivity index is 3.29. The lowest BCUT2D eigenvalue weighted by molar-refractivity contribution is -0.459. The van der Waals surface area contributed by atoms with E-state index in [9.17, 15) is 65.9 Å². The molecule has 1 aliphatic rings. The molecule has 1 heterocycles. The van der Waals surface area contributed by atoms with Crippen molar-refractivity contribution >= 4 is 0 Å². The van der Waals surface area contributed by atoms with Gasteiger partial charge in [-0.15, -0.1) is 0 Å². The number of ether oxygens (including phenoxy) is 2. The molecule has 1 fully saturated rings. The van der Waals surface area contributed by atoms with Crippen LogP contribution in [0, 0.1) is 0 Å². The molecule has 168 valence electrons. The quantitative estimate of drug-likeness (QED) is 0.355. The second-order valence-electron chi connectivity index (χ2n) is 5.58. The Morgan fingerprint density at radius 1 is 0.643 bits per heavy atom. The van der Waals surface area contributed by atoms with Crippen LogP contribution in [0.4, 0.5) is 65.9 Å². The molecule has 0 aliphatic carbocycles. The molecule has 0 bridgehead atoms. The lowest BCUT2D eigenvalue weighted by atomic mass is 9.92. The maximum Gasteiger partial charge on any atom is 0.426 e. The van der Waals surface area contributed by atoms with Gasteiger partial charge in [0, 0.05) is 0 Å². The van der Waals surface area contributed by atoms with Crippen LogP contribution in [0.25, 0.3) is 0 Å². The lowest BCUT2D eigenvalue weighted by Gasteiger charge is -2.41. The molecule has 0 N–H and O–H groups in total. The van der Waals surface area contributed by atoms with E-state index in [1.54, 1.807) is 0 Å². The number of halogens is 15. The van der Waals surface area contributed by atoms with Gasteiger partial charge in [-0.2, -0.15) is 65.9 Å². The Bertz CT molecular complexity index is 563. The number of hydrogen-bond acceptors (Lipinski definition) is 2. The zero-order chi connectivity index (χ0) is 22.6. The third kappa shape index (κ3) is 4.09. The maximum atomic E-state index is 13.3. The van der Waals surface area contributed by atoms with Crippen LogP contribution >= 0.6 is 0 Å². The van der Waals surface area contributed by atoms with Crippen molar-refractivity contribution in [3.63, 3.8) is 0 Å². The largest absolute Gasteiger partial charge is 0.426 e. The minimum Gasteiger partial charge on any atom is -0.371 e. The van der Waals surface area contributed by atoms with Gasteiger partial charge in [-0.3, -0.25) is 0 Å². The minimum absolute atomic E-state index is 0.393. The van der Waals surface area contributed by atoms with Crippen molar-refractivity contribution in [3.8, 4) is 0 Å². The summed E-state index contributed by atoms with van der Waals surface area (Å²) < 4.78 is 200. The average molecular weight is 456 g/mol. The van der Waals surface area contributed by atoms with E-state index in [0.29, 0.717) is 0 Å². The van der Waals surface area contributed by atoms with Crippen molar-refractivity contribution in [1.82, 2.24) is 0 Å². The van der Waals surface area contributed by atoms with Crippen LogP contribution in [0.2, 0.25) is 0 Å². The lowest BCUT2D eigenvalue weighted by Crippen LogP contribution is -2.71. The number of alkyl halides is 15. The van der Waals surface area contributed by atoms with Crippen molar-refractivity contribution in [2.75, 3.05) is 13.2 Å². The van der Waals surface area contributed by atoms with E-state index in [0.717, 1.165) is 0 Å². The van der Waals surface area contributed by atoms with Crippen molar-refractivity contribution in [2.24, 2.45) is 0 Å². The molecule has 0 amide bonds. The molecule has 1 rings (SSSR count). The SMILES string of the molecule is FC(F)(F)CC(F)(F)C(F)(F)C(F)(F)C(F)(F)C(F)(F)C(F)(F)OCC1CO1. The number of epoxide rings is 1. The van der Waals surface area contributed by atoms with Crippen LogP contribution in [0.5, 0.6) is 0 Å². The van der Waals surface area contributed by atoms with Gasteiger partial charge in [-0.25, -0.2) is 0 Å². The van der Waals surface area contributed by atoms with E-state index in [-0.39, 0.29) is 0 Å². The van der Waals surface area contributed by atoms with E-state index in [1.807, 2.05) is 0 Å². The summed E-state index contributed by atoms with van der Waals surface area (Å²) in [6.45, 7) is -1.99. The molecule has 0 aromatic carbocycles. The molecule has 1 saturated heterocycles. The van der Waals surface area contributed by atoms with E-state index in [1.165, 1.54) is 0 Å². The zero-order valence-electron chi connectivity index (χ0n) is 12.7. The molecule has 1 unspecified atom stereocenters. The van der Waals surface area contributed by atoms with Gasteiger partial charge in [0.25, 0.3) is 0 Å². The molecule has 0 saturated carbocycles. The van der Waals surface area contributed by atoms with Gasteiger partial charge in [0.15, 0.2) is 0 Å². The van der Waals surface area contributed by atoms with Gasteiger partial charge >= 0.3 is 41.9 Å². The predicted octanol–water partition coefficient (Wildman–Crippen LogP) is 5.12. The summed E-state index contributed by atoms with van der Waals surface area (Å²) in [5.74, 6) is -38.5. The third-order valence-corrected chi connectivity index (χ3v) is 3.28. The van der Waals surface area contributed by atoms with Crippen molar-refractivity contribution in [1.29, 1.82) is 0 Å². The summed E-state index contributed by atoms with van der Waals surface area (Å²) in [7, 11) is 0. The van der Waals surface area contributed by atoms with E-state index < -0.39 is 67.6 Å². The molecular weight excluding hydrogens is 449 g/mol. The second-order valence-corrected chi connectivity index (χ2v) is 5.58. The van der Waals surface area contributed by atoms with E-state index in [2.05, 4.69) is 9.47 Å². The Morgan fingerprint density at radius 3 is 1.39 bits per heavy atom. The summed E-state index contributed by atoms with van der Waals surface area (Å²) in [6, 6.07) is 0. The highest BCUT2D eigenvalue weighted by molar-refractivity contribution is 5.10. The second kappa shape index (κ2) is 6.70. The van der Waals surface area contributed by atoms with Crippen molar-refractivity contribution < 1.29 is 75.3 Å². The predicted molar refractivity (Wildman–Crippen MR) is 56.0 cm³/mol. The van der Waals surface area contributed by atoms with Gasteiger partial charge in [0.1, 0.15) is 12.5 Å². The summed E-state index contributed by atoms with van der Waals surface area (Å²) in [4.78, 5) is 0. The highest BCUT2D eigenvalue weighted by Crippen LogP contribution is 2.61. The van der Waals surface area contributed by atoms with Gasteiger partial charge < -0.3 is 9.47 Å². The maximum absolute atomic E-state index is 13.3. The molecule has 28 heavy (non-hydrogen) atoms. The molecule has 1 atom stereocenters. The first-order chi connectivity index (χ1) is 12.0. The first-order valence-electron chi connectivity index (χ1n) is 6.63. The fourth-order valence-corrected chi connectivity index (χ4v) is 1.62. The zero-order valence-corrected chi connectivity index (χ0v) is 12.7. The molecule has 0 spiro atoms. The van der Waals surface area contributed by atoms with Crippen molar-refractivity contribution in [2.45, 2.75) is 54.4 Å². The van der Waals surface area contributed by atoms with Crippen molar-refractivity contribution in [3.05, 3.63) is 0 Å². The van der Waals surface area contributed by atoms with Crippen LogP contribution in [-0.2, 0) is 9.47 Å². The van der Waals surface area contributed by atoms with Crippen LogP contribution in [0.3, 0.4) is 0 Å². The molecule has 17 heteroatoms. The third-order valence-electron chi connectivity index (χ3n) is 3.28. The fraction of sp³-hybridized carbons (Fsp3) is 1.00. The Kier molecular flexibility index (Phi) is 5.96. The molecule has 1 aliphatic heterocycles. The minimum atomic E-state index is -8.07. The van der Waals surface area contributed by atoms with Gasteiger partial charge in [0.05, 0.1) is 13.2 Å². The molecular formula is C11H7F15O2. The highest BCUT2D eigenvalue weighted by Gasteiger charge is 2.91.